The van der Waals surface area contributed by atoms with E-state index in [0.29, 0.717) is 5.92 Å². The number of hydrogen-bond donors (Lipinski definition) is 0. The second-order valence-electron chi connectivity index (χ2n) is 10.0. The number of ether oxygens (including phenoxy) is 1. The summed E-state index contributed by atoms with van der Waals surface area (Å²) >= 11 is 0. The van der Waals surface area contributed by atoms with E-state index < -0.39 is 19.0 Å². The number of hydrogen-bond acceptors (Lipinski definition) is 7. The van der Waals surface area contributed by atoms with Gasteiger partial charge >= 0.3 is 7.82 Å². The molecule has 0 radical (unpaired) electrons. The molecule has 30 heavy (non-hydrogen) atoms. The number of phosphoric acid groups is 1. The van der Waals surface area contributed by atoms with E-state index in [1.54, 1.807) is 7.11 Å². The first-order valence-corrected chi connectivity index (χ1v) is 11.9. The summed E-state index contributed by atoms with van der Waals surface area (Å²) in [6, 6.07) is 6.11. The average Bonchev–Trinajstić information content (AvgIpc) is 2.92. The molecule has 2 rings (SSSR count). The molecule has 0 aliphatic carbocycles. The molecular formula is C22H39N2O5P. The van der Waals surface area contributed by atoms with Gasteiger partial charge in [-0.3, -0.25) is 13.6 Å². The van der Waals surface area contributed by atoms with Crippen molar-refractivity contribution in [3.05, 3.63) is 23.8 Å². The molecule has 1 aliphatic rings. The monoisotopic (exact) mass is 442 g/mol. The van der Waals surface area contributed by atoms with E-state index in [-0.39, 0.29) is 6.73 Å². The van der Waals surface area contributed by atoms with Crippen LogP contribution in [0, 0.1) is 0 Å². The van der Waals surface area contributed by atoms with Gasteiger partial charge in [0.1, 0.15) is 12.5 Å². The van der Waals surface area contributed by atoms with Crippen LogP contribution >= 0.6 is 7.82 Å². The minimum absolute atomic E-state index is 0.113. The molecular weight excluding hydrogens is 403 g/mol. The molecule has 0 saturated heterocycles. The Labute approximate surface area is 182 Å². The van der Waals surface area contributed by atoms with Crippen molar-refractivity contribution in [1.29, 1.82) is 0 Å². The number of anilines is 1. The third-order valence-corrected chi connectivity index (χ3v) is 6.50. The van der Waals surface area contributed by atoms with E-state index in [4.69, 9.17) is 18.3 Å². The van der Waals surface area contributed by atoms with E-state index in [2.05, 4.69) is 30.0 Å². The van der Waals surface area contributed by atoms with Crippen molar-refractivity contribution in [2.75, 3.05) is 45.9 Å². The van der Waals surface area contributed by atoms with E-state index in [0.717, 1.165) is 30.9 Å². The van der Waals surface area contributed by atoms with Crippen LogP contribution in [0.3, 0.4) is 0 Å². The summed E-state index contributed by atoms with van der Waals surface area (Å²) in [6.07, 6.45) is 1.03. The Morgan fingerprint density at radius 2 is 1.70 bits per heavy atom. The quantitative estimate of drug-likeness (QED) is 0.483. The van der Waals surface area contributed by atoms with Crippen molar-refractivity contribution in [3.8, 4) is 5.75 Å². The summed E-state index contributed by atoms with van der Waals surface area (Å²) in [6.45, 7) is 12.9. The molecule has 1 aliphatic heterocycles. The number of fused-ring (bicyclic) bond motifs is 1. The fraction of sp³-hybridized carbons (Fsp3) is 0.727. The summed E-state index contributed by atoms with van der Waals surface area (Å²) in [5.41, 5.74) is 0.961. The van der Waals surface area contributed by atoms with Gasteiger partial charge in [0.2, 0.25) is 0 Å². The normalized spacial score (nSPS) is 17.5. The van der Waals surface area contributed by atoms with E-state index in [1.807, 2.05) is 53.7 Å². The molecule has 1 aromatic carbocycles. The van der Waals surface area contributed by atoms with Gasteiger partial charge in [-0.2, -0.15) is 0 Å². The van der Waals surface area contributed by atoms with Gasteiger partial charge in [0, 0.05) is 24.2 Å². The smallest absolute Gasteiger partial charge is 0.477 e. The molecule has 0 fully saturated rings. The van der Waals surface area contributed by atoms with E-state index in [9.17, 15) is 4.57 Å². The van der Waals surface area contributed by atoms with Crippen LogP contribution in [0.15, 0.2) is 18.2 Å². The fourth-order valence-corrected chi connectivity index (χ4v) is 5.16. The zero-order valence-electron chi connectivity index (χ0n) is 20.0. The maximum Gasteiger partial charge on any atom is 0.477 e. The maximum absolute atomic E-state index is 13.4. The zero-order chi connectivity index (χ0) is 22.7. The van der Waals surface area contributed by atoms with Crippen LogP contribution in [0.4, 0.5) is 5.69 Å². The predicted molar refractivity (Wildman–Crippen MR) is 121 cm³/mol. The molecule has 1 unspecified atom stereocenters. The number of methoxy groups -OCH3 is 1. The van der Waals surface area contributed by atoms with Crippen molar-refractivity contribution < 1.29 is 22.9 Å². The second kappa shape index (κ2) is 9.58. The average molecular weight is 443 g/mol. The van der Waals surface area contributed by atoms with Crippen molar-refractivity contribution in [1.82, 2.24) is 4.90 Å². The van der Waals surface area contributed by atoms with Crippen LogP contribution in [0.1, 0.15) is 59.4 Å². The molecule has 0 aromatic heterocycles. The SMILES string of the molecule is COc1ccc2c(c1)N(COP(=O)(OC(C)(C)C)OC(C)(C)C)CC2CCN(C)C. The number of rotatable bonds is 9. The van der Waals surface area contributed by atoms with E-state index >= 15 is 0 Å². The molecule has 0 bridgehead atoms. The largest absolute Gasteiger partial charge is 0.497 e. The molecule has 1 heterocycles. The summed E-state index contributed by atoms with van der Waals surface area (Å²) in [7, 11) is 2.04. The van der Waals surface area contributed by atoms with Gasteiger partial charge in [0.05, 0.1) is 18.3 Å². The highest BCUT2D eigenvalue weighted by atomic mass is 31.2. The molecule has 1 atom stereocenters. The Bertz CT molecular complexity index is 735. The lowest BCUT2D eigenvalue weighted by atomic mass is 9.98. The third kappa shape index (κ3) is 7.54. The van der Waals surface area contributed by atoms with Gasteiger partial charge in [-0.1, -0.05) is 6.07 Å². The summed E-state index contributed by atoms with van der Waals surface area (Å²) < 4.78 is 36.2. The second-order valence-corrected chi connectivity index (χ2v) is 11.6. The highest BCUT2D eigenvalue weighted by Crippen LogP contribution is 2.56. The highest BCUT2D eigenvalue weighted by molar-refractivity contribution is 7.48. The summed E-state index contributed by atoms with van der Waals surface area (Å²) in [5.74, 6) is 1.15. The van der Waals surface area contributed by atoms with Gasteiger partial charge in [-0.05, 0) is 80.2 Å². The molecule has 172 valence electrons. The van der Waals surface area contributed by atoms with E-state index in [1.165, 1.54) is 5.56 Å². The van der Waals surface area contributed by atoms with Gasteiger partial charge in [-0.15, -0.1) is 0 Å². The number of phosphoric ester groups is 1. The molecule has 8 heteroatoms. The van der Waals surface area contributed by atoms with Crippen LogP contribution in [0.5, 0.6) is 5.75 Å². The summed E-state index contributed by atoms with van der Waals surface area (Å²) in [5, 5.41) is 0. The van der Waals surface area contributed by atoms with Crippen molar-refractivity contribution >= 4 is 13.5 Å². The lowest BCUT2D eigenvalue weighted by Crippen LogP contribution is -2.29. The van der Waals surface area contributed by atoms with Crippen LogP contribution < -0.4 is 9.64 Å². The molecule has 0 N–H and O–H groups in total. The van der Waals surface area contributed by atoms with Crippen LogP contribution in [-0.2, 0) is 18.1 Å². The maximum atomic E-state index is 13.4. The Hall–Kier alpha value is -1.11. The minimum atomic E-state index is -3.78. The number of nitrogens with zero attached hydrogens (tertiary/aromatic N) is 2. The molecule has 0 spiro atoms. The molecule has 0 saturated carbocycles. The standard InChI is InChI=1S/C22H39N2O5P/c1-21(2,3)28-30(25,29-22(4,5)6)27-16-24-15-17(12-13-23(7)8)19-11-10-18(26-9)14-20(19)24/h10-11,14,17H,12-13,15-16H2,1-9H3. The third-order valence-electron chi connectivity index (χ3n) is 4.53. The Balaban J connectivity index is 2.22. The lowest BCUT2D eigenvalue weighted by molar-refractivity contribution is 0.00351. The van der Waals surface area contributed by atoms with Crippen LogP contribution in [0.25, 0.3) is 0 Å². The van der Waals surface area contributed by atoms with Gasteiger partial charge in [-0.25, -0.2) is 4.57 Å². The van der Waals surface area contributed by atoms with Crippen molar-refractivity contribution in [2.24, 2.45) is 0 Å². The van der Waals surface area contributed by atoms with Gasteiger partial charge in [0.25, 0.3) is 0 Å². The Morgan fingerprint density at radius 3 is 2.20 bits per heavy atom. The topological polar surface area (TPSA) is 60.5 Å². The van der Waals surface area contributed by atoms with Crippen LogP contribution in [0.2, 0.25) is 0 Å². The Kier molecular flexibility index (Phi) is 8.03. The molecule has 0 amide bonds. The fourth-order valence-electron chi connectivity index (χ4n) is 3.40. The van der Waals surface area contributed by atoms with Gasteiger partial charge in [0.15, 0.2) is 0 Å². The first-order valence-electron chi connectivity index (χ1n) is 10.4. The molecule has 7 nitrogen and oxygen atoms in total. The van der Waals surface area contributed by atoms with Crippen LogP contribution in [-0.4, -0.2) is 57.1 Å². The number of benzene rings is 1. The minimum Gasteiger partial charge on any atom is -0.497 e. The van der Waals surface area contributed by atoms with Crippen molar-refractivity contribution in [2.45, 2.75) is 65.1 Å². The predicted octanol–water partition coefficient (Wildman–Crippen LogP) is 5.26. The van der Waals surface area contributed by atoms with Gasteiger partial charge < -0.3 is 14.5 Å². The Morgan fingerprint density at radius 1 is 1.10 bits per heavy atom. The lowest BCUT2D eigenvalue weighted by Gasteiger charge is -2.32. The van der Waals surface area contributed by atoms with Crippen molar-refractivity contribution in [3.63, 3.8) is 0 Å². The first-order chi connectivity index (χ1) is 13.7. The highest BCUT2D eigenvalue weighted by Gasteiger charge is 2.39. The molecule has 1 aromatic rings. The summed E-state index contributed by atoms with van der Waals surface area (Å²) in [4.78, 5) is 4.27. The zero-order valence-corrected chi connectivity index (χ0v) is 20.9. The first kappa shape index (κ1) is 25.2.